The molecule has 2 aromatic carbocycles. The van der Waals surface area contributed by atoms with Gasteiger partial charge in [-0.15, -0.1) is 0 Å². The van der Waals surface area contributed by atoms with Crippen LogP contribution < -0.4 is 14.8 Å². The van der Waals surface area contributed by atoms with Gasteiger partial charge in [-0.1, -0.05) is 38.1 Å². The molecule has 3 rings (SSSR count). The fourth-order valence-electron chi connectivity index (χ4n) is 4.18. The normalized spacial score (nSPS) is 22.9. The molecular formula is C26H33NO8S. The Labute approximate surface area is 212 Å². The van der Waals surface area contributed by atoms with E-state index in [1.807, 2.05) is 13.8 Å². The van der Waals surface area contributed by atoms with Gasteiger partial charge in [-0.3, -0.25) is 14.9 Å². The molecule has 0 spiro atoms. The Hall–Kier alpha value is -3.11. The van der Waals surface area contributed by atoms with Gasteiger partial charge in [-0.05, 0) is 48.2 Å². The van der Waals surface area contributed by atoms with E-state index in [-0.39, 0.29) is 13.2 Å². The first-order valence-corrected chi connectivity index (χ1v) is 13.5. The molecule has 196 valence electrons. The molecule has 36 heavy (non-hydrogen) atoms. The Morgan fingerprint density at radius 1 is 0.722 bits per heavy atom. The van der Waals surface area contributed by atoms with Crippen LogP contribution >= 0.6 is 0 Å². The van der Waals surface area contributed by atoms with Crippen molar-refractivity contribution in [1.82, 2.24) is 5.32 Å². The van der Waals surface area contributed by atoms with Gasteiger partial charge < -0.3 is 18.9 Å². The van der Waals surface area contributed by atoms with Crippen LogP contribution in [0, 0.1) is 0 Å². The van der Waals surface area contributed by atoms with Gasteiger partial charge in [0.1, 0.15) is 11.5 Å². The lowest BCUT2D eigenvalue weighted by atomic mass is 9.96. The molecule has 9 nitrogen and oxygen atoms in total. The molecule has 0 aliphatic carbocycles. The second kappa shape index (κ2) is 12.2. The maximum absolute atomic E-state index is 14.0. The number of sulfone groups is 1. The summed E-state index contributed by atoms with van der Waals surface area (Å²) in [6.45, 7) is 3.75. The van der Waals surface area contributed by atoms with E-state index in [0.717, 1.165) is 0 Å². The third-order valence-corrected chi connectivity index (χ3v) is 8.33. The molecule has 1 N–H and O–H groups in total. The molecule has 1 heterocycles. The van der Waals surface area contributed by atoms with Gasteiger partial charge in [0, 0.05) is 0 Å². The lowest BCUT2D eigenvalue weighted by Crippen LogP contribution is -2.59. The lowest BCUT2D eigenvalue weighted by Gasteiger charge is -2.40. The molecule has 1 fully saturated rings. The first-order chi connectivity index (χ1) is 17.3. The summed E-state index contributed by atoms with van der Waals surface area (Å²) in [6.07, 6.45) is 1.05. The zero-order valence-electron chi connectivity index (χ0n) is 20.9. The zero-order chi connectivity index (χ0) is 26.3. The molecule has 2 aromatic rings. The van der Waals surface area contributed by atoms with Crippen molar-refractivity contribution in [1.29, 1.82) is 0 Å². The summed E-state index contributed by atoms with van der Waals surface area (Å²) in [5, 5.41) is -0.0252. The SMILES string of the molecule is CCCOC(=O)[C@H]1[C@@H](c2ccc(OC)cc2)N[C@H](c2ccc(OC)cc2)[C@H](C(=O)OCCC)S1(=O)=O. The van der Waals surface area contributed by atoms with Gasteiger partial charge in [0.25, 0.3) is 0 Å². The number of ether oxygens (including phenoxy) is 4. The Bertz CT molecular complexity index is 1050. The standard InChI is InChI=1S/C26H33NO8S/c1-5-15-34-25(28)23-21(17-7-11-19(32-3)12-8-17)27-22(18-9-13-20(33-4)14-10-18)24(36(23,30)31)26(29)35-16-6-2/h7-14,21-24,27H,5-6,15-16H2,1-4H3/t21-,22-,23-,24-/m1/s1. The Kier molecular flexibility index (Phi) is 9.33. The van der Waals surface area contributed by atoms with E-state index in [9.17, 15) is 18.0 Å². The minimum atomic E-state index is -4.42. The summed E-state index contributed by atoms with van der Waals surface area (Å²) in [6, 6.07) is 11.5. The second-order valence-corrected chi connectivity index (χ2v) is 10.6. The summed E-state index contributed by atoms with van der Waals surface area (Å²) < 4.78 is 49.1. The van der Waals surface area contributed by atoms with Crippen LogP contribution in [0.3, 0.4) is 0 Å². The van der Waals surface area contributed by atoms with E-state index in [1.54, 1.807) is 48.5 Å². The number of methoxy groups -OCH3 is 2. The number of esters is 2. The fourth-order valence-corrected chi connectivity index (χ4v) is 6.40. The first kappa shape index (κ1) is 27.5. The Morgan fingerprint density at radius 3 is 1.39 bits per heavy atom. The molecule has 0 bridgehead atoms. The molecule has 0 unspecified atom stereocenters. The predicted octanol–water partition coefficient (Wildman–Crippen LogP) is 3.15. The summed E-state index contributed by atoms with van der Waals surface area (Å²) in [7, 11) is -1.38. The van der Waals surface area contributed by atoms with E-state index in [4.69, 9.17) is 18.9 Å². The van der Waals surface area contributed by atoms with Crippen LogP contribution in [0.4, 0.5) is 0 Å². The minimum absolute atomic E-state index is 0.0625. The van der Waals surface area contributed by atoms with Crippen LogP contribution in [0.25, 0.3) is 0 Å². The van der Waals surface area contributed by atoms with E-state index >= 15 is 0 Å². The molecule has 10 heteroatoms. The fraction of sp³-hybridized carbons (Fsp3) is 0.462. The largest absolute Gasteiger partial charge is 0.497 e. The molecule has 1 aliphatic rings. The van der Waals surface area contributed by atoms with E-state index in [2.05, 4.69) is 5.32 Å². The van der Waals surface area contributed by atoms with Crippen molar-refractivity contribution in [2.75, 3.05) is 27.4 Å². The molecule has 0 radical (unpaired) electrons. The maximum Gasteiger partial charge on any atom is 0.326 e. The average molecular weight is 520 g/mol. The van der Waals surface area contributed by atoms with E-state index in [1.165, 1.54) is 14.2 Å². The van der Waals surface area contributed by atoms with Crippen molar-refractivity contribution in [2.45, 2.75) is 49.3 Å². The molecule has 0 aromatic heterocycles. The molecule has 1 saturated heterocycles. The Morgan fingerprint density at radius 2 is 1.08 bits per heavy atom. The minimum Gasteiger partial charge on any atom is -0.497 e. The van der Waals surface area contributed by atoms with Gasteiger partial charge in [0.05, 0.1) is 39.5 Å². The summed E-state index contributed by atoms with van der Waals surface area (Å²) >= 11 is 0. The Balaban J connectivity index is 2.15. The van der Waals surface area contributed by atoms with Gasteiger partial charge in [-0.25, -0.2) is 8.42 Å². The summed E-state index contributed by atoms with van der Waals surface area (Å²) in [5.74, 6) is -0.663. The molecule has 0 amide bonds. The number of nitrogens with one attached hydrogen (secondary N) is 1. The van der Waals surface area contributed by atoms with Gasteiger partial charge in [0.2, 0.25) is 0 Å². The molecular weight excluding hydrogens is 486 g/mol. The topological polar surface area (TPSA) is 117 Å². The zero-order valence-corrected chi connectivity index (χ0v) is 21.7. The van der Waals surface area contributed by atoms with Gasteiger partial charge in [0.15, 0.2) is 20.3 Å². The number of benzene rings is 2. The summed E-state index contributed by atoms with van der Waals surface area (Å²) in [5.41, 5.74) is 1.08. The first-order valence-electron chi connectivity index (χ1n) is 11.9. The highest BCUT2D eigenvalue weighted by molar-refractivity contribution is 7.94. The number of rotatable bonds is 10. The molecule has 4 atom stereocenters. The third kappa shape index (κ3) is 5.82. The number of hydrogen-bond acceptors (Lipinski definition) is 9. The molecule has 0 saturated carbocycles. The number of hydrogen-bond donors (Lipinski definition) is 1. The van der Waals surface area contributed by atoms with Crippen LogP contribution in [-0.4, -0.2) is 58.3 Å². The summed E-state index contributed by atoms with van der Waals surface area (Å²) in [4.78, 5) is 26.3. The van der Waals surface area contributed by atoms with Crippen molar-refractivity contribution in [2.24, 2.45) is 0 Å². The highest BCUT2D eigenvalue weighted by Gasteiger charge is 2.57. The smallest absolute Gasteiger partial charge is 0.326 e. The van der Waals surface area contributed by atoms with Crippen LogP contribution in [-0.2, 0) is 28.9 Å². The van der Waals surface area contributed by atoms with Crippen molar-refractivity contribution in [3.05, 3.63) is 59.7 Å². The van der Waals surface area contributed by atoms with E-state index in [0.29, 0.717) is 35.5 Å². The van der Waals surface area contributed by atoms with E-state index < -0.39 is 44.4 Å². The van der Waals surface area contributed by atoms with Crippen molar-refractivity contribution >= 4 is 21.8 Å². The highest BCUT2D eigenvalue weighted by Crippen LogP contribution is 2.40. The second-order valence-electron chi connectivity index (χ2n) is 8.43. The predicted molar refractivity (Wildman–Crippen MR) is 134 cm³/mol. The monoisotopic (exact) mass is 519 g/mol. The van der Waals surface area contributed by atoms with Crippen molar-refractivity contribution in [3.63, 3.8) is 0 Å². The molecule has 1 aliphatic heterocycles. The number of carbonyl (C=O) groups is 2. The van der Waals surface area contributed by atoms with Crippen molar-refractivity contribution < 1.29 is 37.0 Å². The maximum atomic E-state index is 14.0. The van der Waals surface area contributed by atoms with Crippen molar-refractivity contribution in [3.8, 4) is 11.5 Å². The lowest BCUT2D eigenvalue weighted by molar-refractivity contribution is -0.145. The average Bonchev–Trinajstić information content (AvgIpc) is 2.89. The third-order valence-electron chi connectivity index (χ3n) is 5.98. The highest BCUT2D eigenvalue weighted by atomic mass is 32.2. The quantitative estimate of drug-likeness (QED) is 0.472. The van der Waals surface area contributed by atoms with Crippen LogP contribution in [0.2, 0.25) is 0 Å². The number of carbonyl (C=O) groups excluding carboxylic acids is 2. The van der Waals surface area contributed by atoms with Crippen LogP contribution in [0.5, 0.6) is 11.5 Å². The van der Waals surface area contributed by atoms with Gasteiger partial charge in [-0.2, -0.15) is 0 Å². The van der Waals surface area contributed by atoms with Gasteiger partial charge >= 0.3 is 11.9 Å². The van der Waals surface area contributed by atoms with Crippen LogP contribution in [0.1, 0.15) is 49.9 Å². The van der Waals surface area contributed by atoms with Crippen LogP contribution in [0.15, 0.2) is 48.5 Å².